The fourth-order valence-corrected chi connectivity index (χ4v) is 4.67. The number of halogens is 1. The van der Waals surface area contributed by atoms with Crippen molar-refractivity contribution in [3.63, 3.8) is 0 Å². The monoisotopic (exact) mass is 439 g/mol. The van der Waals surface area contributed by atoms with Gasteiger partial charge < -0.3 is 11.1 Å². The van der Waals surface area contributed by atoms with Crippen LogP contribution in [0.15, 0.2) is 32.6 Å². The summed E-state index contributed by atoms with van der Waals surface area (Å²) in [6.45, 7) is 3.40. The fraction of sp³-hybridized carbons (Fsp3) is 0.435. The average Bonchev–Trinajstić information content (AvgIpc) is 3.54. The normalized spacial score (nSPS) is 20.4. The Hall–Kier alpha value is -3.20. The number of rotatable bonds is 4. The van der Waals surface area contributed by atoms with Crippen molar-refractivity contribution in [2.75, 3.05) is 5.32 Å². The summed E-state index contributed by atoms with van der Waals surface area (Å²) in [5.41, 5.74) is 6.31. The number of nitrogens with one attached hydrogen (secondary N) is 1. The van der Waals surface area contributed by atoms with E-state index >= 15 is 0 Å². The molecule has 3 N–H and O–H groups in total. The van der Waals surface area contributed by atoms with Crippen LogP contribution in [0.2, 0.25) is 0 Å². The molecular formula is C23H26FN5O3. The minimum Gasteiger partial charge on any atom is -0.338 e. The van der Waals surface area contributed by atoms with Gasteiger partial charge >= 0.3 is 5.69 Å². The van der Waals surface area contributed by atoms with Crippen molar-refractivity contribution < 1.29 is 4.39 Å². The third-order valence-corrected chi connectivity index (χ3v) is 6.68. The van der Waals surface area contributed by atoms with Crippen LogP contribution in [0.1, 0.15) is 48.9 Å². The van der Waals surface area contributed by atoms with Crippen LogP contribution in [0, 0.1) is 19.7 Å². The van der Waals surface area contributed by atoms with Crippen molar-refractivity contribution in [1.82, 2.24) is 13.7 Å². The van der Waals surface area contributed by atoms with Crippen molar-refractivity contribution in [2.24, 2.45) is 12.8 Å². The highest BCUT2D eigenvalue weighted by molar-refractivity contribution is 5.93. The van der Waals surface area contributed by atoms with E-state index in [0.717, 1.165) is 18.4 Å². The van der Waals surface area contributed by atoms with E-state index in [1.165, 1.54) is 15.2 Å². The van der Waals surface area contributed by atoms with E-state index in [1.54, 1.807) is 37.6 Å². The molecule has 0 saturated heterocycles. The lowest BCUT2D eigenvalue weighted by molar-refractivity contribution is 0.260. The summed E-state index contributed by atoms with van der Waals surface area (Å²) in [7, 11) is 1.54. The first-order valence-electron chi connectivity index (χ1n) is 10.9. The average molecular weight is 439 g/mol. The maximum Gasteiger partial charge on any atom is 0.332 e. The summed E-state index contributed by atoms with van der Waals surface area (Å²) < 4.78 is 18.8. The lowest BCUT2D eigenvalue weighted by Gasteiger charge is -2.35. The molecule has 2 fully saturated rings. The largest absolute Gasteiger partial charge is 0.338 e. The Labute approximate surface area is 183 Å². The molecule has 9 heteroatoms. The van der Waals surface area contributed by atoms with Gasteiger partial charge in [0.05, 0.1) is 11.2 Å². The topological polar surface area (TPSA) is 104 Å². The summed E-state index contributed by atoms with van der Waals surface area (Å²) >= 11 is 0. The lowest BCUT2D eigenvalue weighted by Crippen LogP contribution is -2.48. The van der Waals surface area contributed by atoms with Gasteiger partial charge in [0.25, 0.3) is 11.1 Å². The van der Waals surface area contributed by atoms with E-state index in [1.807, 2.05) is 0 Å². The second-order valence-corrected chi connectivity index (χ2v) is 9.11. The van der Waals surface area contributed by atoms with E-state index in [4.69, 9.17) is 5.73 Å². The maximum absolute atomic E-state index is 14.6. The van der Waals surface area contributed by atoms with Crippen LogP contribution in [0.4, 0.5) is 15.9 Å². The van der Waals surface area contributed by atoms with Gasteiger partial charge in [0, 0.05) is 30.7 Å². The number of fused-ring (bicyclic) bond motifs is 1. The zero-order valence-corrected chi connectivity index (χ0v) is 18.3. The van der Waals surface area contributed by atoms with E-state index in [2.05, 4.69) is 5.32 Å². The SMILES string of the molecule is Cc1ccc(Nc2c3c(=O)n(C4CC4)c(=O)n(C4CC(N)C4)c3c(C)c(=O)n2C)c(F)c1. The van der Waals surface area contributed by atoms with Gasteiger partial charge in [-0.2, -0.15) is 0 Å². The number of hydrogen-bond acceptors (Lipinski definition) is 5. The minimum absolute atomic E-state index is 0.0191. The maximum atomic E-state index is 14.6. The molecular weight excluding hydrogens is 413 g/mol. The molecule has 168 valence electrons. The Balaban J connectivity index is 1.88. The van der Waals surface area contributed by atoms with E-state index in [-0.39, 0.29) is 40.6 Å². The number of pyridine rings is 1. The predicted molar refractivity (Wildman–Crippen MR) is 121 cm³/mol. The highest BCUT2D eigenvalue weighted by atomic mass is 19.1. The van der Waals surface area contributed by atoms with Gasteiger partial charge in [-0.3, -0.25) is 23.3 Å². The first kappa shape index (κ1) is 20.7. The molecule has 2 aliphatic carbocycles. The zero-order valence-electron chi connectivity index (χ0n) is 18.3. The number of aromatic nitrogens is 3. The van der Waals surface area contributed by atoms with Gasteiger partial charge in [-0.15, -0.1) is 0 Å². The predicted octanol–water partition coefficient (Wildman–Crippen LogP) is 2.36. The zero-order chi connectivity index (χ0) is 22.9. The van der Waals surface area contributed by atoms with Crippen LogP contribution in [0.5, 0.6) is 0 Å². The molecule has 0 atom stereocenters. The van der Waals surface area contributed by atoms with Crippen LogP contribution in [-0.2, 0) is 7.05 Å². The number of nitrogens with zero attached hydrogens (tertiary/aromatic N) is 3. The van der Waals surface area contributed by atoms with Crippen LogP contribution < -0.4 is 27.9 Å². The third-order valence-electron chi connectivity index (χ3n) is 6.68. The molecule has 2 aromatic heterocycles. The number of anilines is 2. The number of aryl methyl sites for hydroxylation is 2. The molecule has 2 aliphatic rings. The number of nitrogens with two attached hydrogens (primary N) is 1. The molecule has 0 unspecified atom stereocenters. The second-order valence-electron chi connectivity index (χ2n) is 9.11. The minimum atomic E-state index is -0.494. The van der Waals surface area contributed by atoms with Crippen molar-refractivity contribution >= 4 is 22.4 Å². The molecule has 0 amide bonds. The first-order chi connectivity index (χ1) is 15.2. The summed E-state index contributed by atoms with van der Waals surface area (Å²) in [6, 6.07) is 4.34. The van der Waals surface area contributed by atoms with E-state index in [9.17, 15) is 18.8 Å². The van der Waals surface area contributed by atoms with Crippen LogP contribution in [0.25, 0.3) is 10.9 Å². The molecule has 2 saturated carbocycles. The fourth-order valence-electron chi connectivity index (χ4n) is 4.67. The summed E-state index contributed by atoms with van der Waals surface area (Å²) in [5.74, 6) is -0.317. The highest BCUT2D eigenvalue weighted by Gasteiger charge is 2.36. The summed E-state index contributed by atoms with van der Waals surface area (Å²) in [4.78, 5) is 40.2. The van der Waals surface area contributed by atoms with E-state index < -0.39 is 17.1 Å². The molecule has 0 radical (unpaired) electrons. The highest BCUT2D eigenvalue weighted by Crippen LogP contribution is 2.36. The quantitative estimate of drug-likeness (QED) is 0.650. The molecule has 0 bridgehead atoms. The Kier molecular flexibility index (Phi) is 4.63. The summed E-state index contributed by atoms with van der Waals surface area (Å²) in [6.07, 6.45) is 2.71. The van der Waals surface area contributed by atoms with Gasteiger partial charge in [-0.1, -0.05) is 6.07 Å². The second kappa shape index (κ2) is 7.16. The Bertz CT molecular complexity index is 1440. The number of benzene rings is 1. The molecule has 8 nitrogen and oxygen atoms in total. The van der Waals surface area contributed by atoms with Gasteiger partial charge in [0.15, 0.2) is 0 Å². The van der Waals surface area contributed by atoms with Gasteiger partial charge in [-0.05, 0) is 57.2 Å². The van der Waals surface area contributed by atoms with Gasteiger partial charge in [0.1, 0.15) is 17.0 Å². The van der Waals surface area contributed by atoms with Crippen molar-refractivity contribution in [1.29, 1.82) is 0 Å². The first-order valence-corrected chi connectivity index (χ1v) is 10.9. The molecule has 2 heterocycles. The Morgan fingerprint density at radius 2 is 1.72 bits per heavy atom. The smallest absolute Gasteiger partial charge is 0.332 e. The number of hydrogen-bond donors (Lipinski definition) is 2. The van der Waals surface area contributed by atoms with E-state index in [0.29, 0.717) is 23.9 Å². The molecule has 5 rings (SSSR count). The Morgan fingerprint density at radius 3 is 2.31 bits per heavy atom. The van der Waals surface area contributed by atoms with Crippen molar-refractivity contribution in [3.05, 3.63) is 66.3 Å². The van der Waals surface area contributed by atoms with Crippen LogP contribution in [0.3, 0.4) is 0 Å². The lowest BCUT2D eigenvalue weighted by atomic mass is 9.87. The van der Waals surface area contributed by atoms with Crippen LogP contribution >= 0.6 is 0 Å². The molecule has 0 spiro atoms. The molecule has 0 aliphatic heterocycles. The van der Waals surface area contributed by atoms with Gasteiger partial charge in [-0.25, -0.2) is 9.18 Å². The molecule has 32 heavy (non-hydrogen) atoms. The van der Waals surface area contributed by atoms with Crippen molar-refractivity contribution in [2.45, 2.75) is 57.7 Å². The van der Waals surface area contributed by atoms with Gasteiger partial charge in [0.2, 0.25) is 0 Å². The Morgan fingerprint density at radius 1 is 1.03 bits per heavy atom. The standard InChI is InChI=1S/C23H26FN5O3/c1-11-4-7-17(16(24)8-11)26-20-18-19(12(2)21(30)27(20)3)28(15-9-13(25)10-15)23(32)29(22(18)31)14-5-6-14/h4,7-8,13-15,26H,5-6,9-10,25H2,1-3H3. The van der Waals surface area contributed by atoms with Crippen molar-refractivity contribution in [3.8, 4) is 0 Å². The summed E-state index contributed by atoms with van der Waals surface area (Å²) in [5, 5.41) is 3.19. The molecule has 3 aromatic rings. The third kappa shape index (κ3) is 3.02. The van der Waals surface area contributed by atoms with Crippen LogP contribution in [-0.4, -0.2) is 19.7 Å². The molecule has 1 aromatic carbocycles.